The number of nitrogens with zero attached hydrogens (tertiary/aromatic N) is 5. The van der Waals surface area contributed by atoms with Crippen LogP contribution in [0.25, 0.3) is 5.69 Å². The number of non-ortho nitro benzene ring substituents is 1. The Balaban J connectivity index is 1.65. The van der Waals surface area contributed by atoms with E-state index in [2.05, 4.69) is 19.7 Å². The van der Waals surface area contributed by atoms with E-state index in [9.17, 15) is 10.1 Å². The Kier molecular flexibility index (Phi) is 6.18. The molecule has 1 saturated heterocycles. The fourth-order valence-electron chi connectivity index (χ4n) is 3.54. The van der Waals surface area contributed by atoms with Gasteiger partial charge in [0, 0.05) is 31.0 Å². The molecule has 0 aliphatic carbocycles. The molecule has 0 bridgehead atoms. The molecule has 4 rings (SSSR count). The first-order valence-corrected chi connectivity index (χ1v) is 10.9. The van der Waals surface area contributed by atoms with Gasteiger partial charge in [0.2, 0.25) is 5.95 Å². The molecule has 1 fully saturated rings. The highest BCUT2D eigenvalue weighted by molar-refractivity contribution is 7.98. The molecular formula is C21H23N5O3S. The van der Waals surface area contributed by atoms with Crippen LogP contribution in [0.5, 0.6) is 5.75 Å². The van der Waals surface area contributed by atoms with Gasteiger partial charge in [-0.2, -0.15) is 0 Å². The predicted molar refractivity (Wildman–Crippen MR) is 117 cm³/mol. The van der Waals surface area contributed by atoms with E-state index in [1.165, 1.54) is 18.6 Å². The van der Waals surface area contributed by atoms with Crippen molar-refractivity contribution in [3.8, 4) is 11.4 Å². The summed E-state index contributed by atoms with van der Waals surface area (Å²) in [5.74, 6) is 2.21. The Labute approximate surface area is 179 Å². The second-order valence-electron chi connectivity index (χ2n) is 7.05. The van der Waals surface area contributed by atoms with Crippen LogP contribution < -0.4 is 9.64 Å². The van der Waals surface area contributed by atoms with Crippen LogP contribution in [0.3, 0.4) is 0 Å². The molecule has 0 atom stereocenters. The molecule has 0 radical (unpaired) electrons. The van der Waals surface area contributed by atoms with Gasteiger partial charge in [0.1, 0.15) is 5.75 Å². The van der Waals surface area contributed by atoms with E-state index in [0.29, 0.717) is 5.75 Å². The summed E-state index contributed by atoms with van der Waals surface area (Å²) in [6, 6.07) is 14.5. The third-order valence-corrected chi connectivity index (χ3v) is 6.10. The molecule has 156 valence electrons. The lowest BCUT2D eigenvalue weighted by Crippen LogP contribution is -2.31. The van der Waals surface area contributed by atoms with Crippen molar-refractivity contribution in [3.63, 3.8) is 0 Å². The molecule has 0 saturated carbocycles. The van der Waals surface area contributed by atoms with Crippen molar-refractivity contribution in [1.29, 1.82) is 0 Å². The number of nitro benzene ring substituents is 1. The van der Waals surface area contributed by atoms with Crippen molar-refractivity contribution in [3.05, 3.63) is 64.2 Å². The molecule has 0 spiro atoms. The minimum atomic E-state index is -0.389. The summed E-state index contributed by atoms with van der Waals surface area (Å²) in [6.45, 7) is 1.92. The van der Waals surface area contributed by atoms with Crippen LogP contribution in [0.1, 0.15) is 24.8 Å². The van der Waals surface area contributed by atoms with Crippen LogP contribution >= 0.6 is 11.8 Å². The Morgan fingerprint density at radius 2 is 1.80 bits per heavy atom. The first-order chi connectivity index (χ1) is 14.7. The molecule has 1 aromatic heterocycles. The topological polar surface area (TPSA) is 86.3 Å². The zero-order chi connectivity index (χ0) is 20.9. The van der Waals surface area contributed by atoms with Gasteiger partial charge in [-0.25, -0.2) is 0 Å². The van der Waals surface area contributed by atoms with Crippen LogP contribution in [-0.4, -0.2) is 39.9 Å². The number of hydrogen-bond acceptors (Lipinski definition) is 7. The molecule has 3 aromatic rings. The fraction of sp³-hybridized carbons (Fsp3) is 0.333. The Hall–Kier alpha value is -3.07. The summed E-state index contributed by atoms with van der Waals surface area (Å²) in [5.41, 5.74) is 1.98. The number of thioether (sulfide) groups is 1. The maximum absolute atomic E-state index is 10.9. The maximum Gasteiger partial charge on any atom is 0.269 e. The van der Waals surface area contributed by atoms with Gasteiger partial charge >= 0.3 is 0 Å². The van der Waals surface area contributed by atoms with Crippen molar-refractivity contribution in [2.45, 2.75) is 30.2 Å². The molecule has 0 unspecified atom stereocenters. The van der Waals surface area contributed by atoms with Crippen LogP contribution in [0.2, 0.25) is 0 Å². The summed E-state index contributed by atoms with van der Waals surface area (Å²) in [6.07, 6.45) is 3.52. The number of rotatable bonds is 7. The van der Waals surface area contributed by atoms with Gasteiger partial charge in [0.15, 0.2) is 5.16 Å². The molecular weight excluding hydrogens is 402 g/mol. The molecule has 0 amide bonds. The summed E-state index contributed by atoms with van der Waals surface area (Å²) >= 11 is 1.55. The summed E-state index contributed by atoms with van der Waals surface area (Å²) in [4.78, 5) is 12.8. The molecule has 2 heterocycles. The van der Waals surface area contributed by atoms with Crippen LogP contribution in [0.15, 0.2) is 53.7 Å². The lowest BCUT2D eigenvalue weighted by Gasteiger charge is -2.28. The minimum Gasteiger partial charge on any atom is -0.495 e. The first kappa shape index (κ1) is 20.2. The first-order valence-electron chi connectivity index (χ1n) is 9.87. The molecule has 0 N–H and O–H groups in total. The third-order valence-electron chi connectivity index (χ3n) is 5.10. The van der Waals surface area contributed by atoms with E-state index in [1.54, 1.807) is 31.0 Å². The highest BCUT2D eigenvalue weighted by Crippen LogP contribution is 2.34. The number of ether oxygens (including phenoxy) is 1. The standard InChI is InChI=1S/C21H23N5O3S/c1-29-19-8-4-3-7-18(19)25-20(24-13-5-2-6-14-24)22-23-21(25)30-15-16-9-11-17(12-10-16)26(27)28/h3-4,7-12H,2,5-6,13-15H2,1H3. The molecule has 9 heteroatoms. The second-order valence-corrected chi connectivity index (χ2v) is 7.99. The SMILES string of the molecule is COc1ccccc1-n1c(SCc2ccc([N+](=O)[O-])cc2)nnc1N1CCCCC1. The van der Waals surface area contributed by atoms with Gasteiger partial charge in [0.05, 0.1) is 17.7 Å². The number of anilines is 1. The number of methoxy groups -OCH3 is 1. The van der Waals surface area contributed by atoms with Gasteiger partial charge in [0.25, 0.3) is 5.69 Å². The van der Waals surface area contributed by atoms with Gasteiger partial charge in [-0.15, -0.1) is 10.2 Å². The molecule has 30 heavy (non-hydrogen) atoms. The third kappa shape index (κ3) is 4.25. The number of nitro groups is 1. The van der Waals surface area contributed by atoms with Crippen molar-refractivity contribution >= 4 is 23.4 Å². The lowest BCUT2D eigenvalue weighted by atomic mass is 10.1. The summed E-state index contributed by atoms with van der Waals surface area (Å²) in [7, 11) is 1.66. The molecule has 1 aliphatic heterocycles. The quantitative estimate of drug-likeness (QED) is 0.314. The van der Waals surface area contributed by atoms with E-state index in [0.717, 1.165) is 54.0 Å². The number of benzene rings is 2. The second kappa shape index (κ2) is 9.17. The van der Waals surface area contributed by atoms with Gasteiger partial charge in [-0.1, -0.05) is 36.0 Å². The van der Waals surface area contributed by atoms with Crippen molar-refractivity contribution in [2.75, 3.05) is 25.1 Å². The number of para-hydroxylation sites is 2. The Bertz CT molecular complexity index is 1020. The van der Waals surface area contributed by atoms with Gasteiger partial charge in [-0.3, -0.25) is 14.7 Å². The Morgan fingerprint density at radius 1 is 1.07 bits per heavy atom. The van der Waals surface area contributed by atoms with E-state index < -0.39 is 0 Å². The highest BCUT2D eigenvalue weighted by atomic mass is 32.2. The molecule has 8 nitrogen and oxygen atoms in total. The van der Waals surface area contributed by atoms with E-state index >= 15 is 0 Å². The normalized spacial score (nSPS) is 14.0. The highest BCUT2D eigenvalue weighted by Gasteiger charge is 2.23. The Morgan fingerprint density at radius 3 is 2.50 bits per heavy atom. The number of hydrogen-bond donors (Lipinski definition) is 0. The molecule has 1 aliphatic rings. The van der Waals surface area contributed by atoms with E-state index in [4.69, 9.17) is 4.74 Å². The smallest absolute Gasteiger partial charge is 0.269 e. The number of piperidine rings is 1. The largest absolute Gasteiger partial charge is 0.495 e. The number of aromatic nitrogens is 3. The van der Waals surface area contributed by atoms with E-state index in [1.807, 2.05) is 24.3 Å². The van der Waals surface area contributed by atoms with Crippen LogP contribution in [0.4, 0.5) is 11.6 Å². The molecule has 2 aromatic carbocycles. The van der Waals surface area contributed by atoms with Crippen molar-refractivity contribution < 1.29 is 9.66 Å². The van der Waals surface area contributed by atoms with Crippen molar-refractivity contribution in [1.82, 2.24) is 14.8 Å². The zero-order valence-electron chi connectivity index (χ0n) is 16.7. The van der Waals surface area contributed by atoms with Gasteiger partial charge in [-0.05, 0) is 37.0 Å². The predicted octanol–water partition coefficient (Wildman–Crippen LogP) is 4.47. The van der Waals surface area contributed by atoms with Crippen molar-refractivity contribution in [2.24, 2.45) is 0 Å². The monoisotopic (exact) mass is 425 g/mol. The van der Waals surface area contributed by atoms with Gasteiger partial charge < -0.3 is 9.64 Å². The van der Waals surface area contributed by atoms with Crippen LogP contribution in [-0.2, 0) is 5.75 Å². The average Bonchev–Trinajstić information content (AvgIpc) is 3.22. The zero-order valence-corrected chi connectivity index (χ0v) is 17.5. The minimum absolute atomic E-state index is 0.0910. The fourth-order valence-corrected chi connectivity index (χ4v) is 4.44. The van der Waals surface area contributed by atoms with Crippen LogP contribution in [0, 0.1) is 10.1 Å². The summed E-state index contributed by atoms with van der Waals surface area (Å²) in [5, 5.41) is 20.6. The van der Waals surface area contributed by atoms with E-state index in [-0.39, 0.29) is 10.6 Å². The summed E-state index contributed by atoms with van der Waals surface area (Å²) < 4.78 is 7.65. The lowest BCUT2D eigenvalue weighted by molar-refractivity contribution is -0.384. The average molecular weight is 426 g/mol. The maximum atomic E-state index is 10.9.